The summed E-state index contributed by atoms with van der Waals surface area (Å²) in [5.41, 5.74) is 0. The second kappa shape index (κ2) is 6.34. The Bertz CT molecular complexity index is 585. The molecule has 3 heterocycles. The number of nitrogens with one attached hydrogen (secondary N) is 2. The minimum absolute atomic E-state index is 0.0603. The summed E-state index contributed by atoms with van der Waals surface area (Å²) in [7, 11) is -3.45. The molecule has 3 unspecified atom stereocenters. The van der Waals surface area contributed by atoms with Gasteiger partial charge < -0.3 is 10.1 Å². The molecule has 3 atom stereocenters. The van der Waals surface area contributed by atoms with Crippen molar-refractivity contribution >= 4 is 21.4 Å². The van der Waals surface area contributed by atoms with E-state index in [1.807, 2.05) is 5.38 Å². The summed E-state index contributed by atoms with van der Waals surface area (Å²) < 4.78 is 33.7. The molecule has 3 rings (SSSR count). The van der Waals surface area contributed by atoms with Crippen LogP contribution in [0.4, 0.5) is 0 Å². The van der Waals surface area contributed by atoms with E-state index in [0.717, 1.165) is 37.1 Å². The molecule has 1 aromatic heterocycles. The van der Waals surface area contributed by atoms with E-state index in [2.05, 4.69) is 17.0 Å². The molecule has 1 aromatic rings. The van der Waals surface area contributed by atoms with Crippen LogP contribution in [-0.2, 0) is 21.3 Å². The van der Waals surface area contributed by atoms with Gasteiger partial charge in [0.05, 0.1) is 23.1 Å². The van der Waals surface area contributed by atoms with Gasteiger partial charge >= 0.3 is 0 Å². The molecule has 0 saturated carbocycles. The Morgan fingerprint density at radius 2 is 2.29 bits per heavy atom. The first kappa shape index (κ1) is 15.4. The lowest BCUT2D eigenvalue weighted by atomic mass is 9.96. The normalized spacial score (nSPS) is 28.3. The Kier molecular flexibility index (Phi) is 4.66. The maximum atomic E-state index is 12.6. The zero-order valence-corrected chi connectivity index (χ0v) is 13.8. The van der Waals surface area contributed by atoms with E-state index in [-0.39, 0.29) is 18.2 Å². The highest BCUT2D eigenvalue weighted by Gasteiger charge is 2.42. The second-order valence-corrected chi connectivity index (χ2v) is 8.41. The smallest absolute Gasteiger partial charge is 0.242 e. The molecule has 0 amide bonds. The molecular formula is C14H22N2O3S2. The molecule has 0 aromatic carbocycles. The van der Waals surface area contributed by atoms with Gasteiger partial charge in [0.2, 0.25) is 10.0 Å². The second-order valence-electron chi connectivity index (χ2n) is 5.72. The van der Waals surface area contributed by atoms with Crippen molar-refractivity contribution in [2.24, 2.45) is 0 Å². The van der Waals surface area contributed by atoms with E-state index in [1.54, 1.807) is 6.07 Å². The van der Waals surface area contributed by atoms with E-state index in [4.69, 9.17) is 4.74 Å². The summed E-state index contributed by atoms with van der Waals surface area (Å²) in [6, 6.07) is 1.63. The van der Waals surface area contributed by atoms with Crippen molar-refractivity contribution in [3.63, 3.8) is 0 Å². The van der Waals surface area contributed by atoms with Crippen LogP contribution in [0.25, 0.3) is 0 Å². The fraction of sp³-hybridized carbons (Fsp3) is 0.714. The summed E-state index contributed by atoms with van der Waals surface area (Å²) >= 11 is 1.49. The number of hydrogen-bond donors (Lipinski definition) is 2. The Balaban J connectivity index is 1.68. The van der Waals surface area contributed by atoms with Gasteiger partial charge in [-0.05, 0) is 43.7 Å². The lowest BCUT2D eigenvalue weighted by Crippen LogP contribution is -2.41. The Hall–Kier alpha value is -0.470. The Labute approximate surface area is 130 Å². The lowest BCUT2D eigenvalue weighted by molar-refractivity contribution is 0.0996. The maximum absolute atomic E-state index is 12.6. The lowest BCUT2D eigenvalue weighted by Gasteiger charge is -2.20. The van der Waals surface area contributed by atoms with Gasteiger partial charge in [0.25, 0.3) is 0 Å². The summed E-state index contributed by atoms with van der Waals surface area (Å²) in [6.07, 6.45) is 4.17. The zero-order valence-electron chi connectivity index (χ0n) is 12.2. The van der Waals surface area contributed by atoms with Gasteiger partial charge in [-0.15, -0.1) is 11.3 Å². The van der Waals surface area contributed by atoms with Gasteiger partial charge in [0.15, 0.2) is 0 Å². The van der Waals surface area contributed by atoms with Crippen molar-refractivity contribution in [3.05, 3.63) is 16.3 Å². The minimum atomic E-state index is -3.45. The topological polar surface area (TPSA) is 67.4 Å². The van der Waals surface area contributed by atoms with Gasteiger partial charge in [-0.1, -0.05) is 6.92 Å². The SMILES string of the molecule is CCCNCc1sccc1S(=O)(=O)NC1CC2CCC1O2. The monoisotopic (exact) mass is 330 g/mol. The van der Waals surface area contributed by atoms with Crippen molar-refractivity contribution in [2.45, 2.75) is 62.3 Å². The molecule has 2 N–H and O–H groups in total. The molecule has 118 valence electrons. The van der Waals surface area contributed by atoms with E-state index in [9.17, 15) is 8.42 Å². The van der Waals surface area contributed by atoms with Crippen LogP contribution in [0.3, 0.4) is 0 Å². The molecule has 2 saturated heterocycles. The molecule has 7 heteroatoms. The Morgan fingerprint density at radius 1 is 1.43 bits per heavy atom. The van der Waals surface area contributed by atoms with E-state index in [0.29, 0.717) is 11.4 Å². The van der Waals surface area contributed by atoms with Crippen LogP contribution in [0.1, 0.15) is 37.5 Å². The highest BCUT2D eigenvalue weighted by molar-refractivity contribution is 7.89. The van der Waals surface area contributed by atoms with Gasteiger partial charge in [0.1, 0.15) is 0 Å². The van der Waals surface area contributed by atoms with E-state index < -0.39 is 10.0 Å². The summed E-state index contributed by atoms with van der Waals surface area (Å²) in [6.45, 7) is 3.59. The van der Waals surface area contributed by atoms with Gasteiger partial charge in [-0.25, -0.2) is 13.1 Å². The van der Waals surface area contributed by atoms with E-state index in [1.165, 1.54) is 11.3 Å². The molecule has 0 spiro atoms. The summed E-state index contributed by atoms with van der Waals surface area (Å²) in [4.78, 5) is 1.29. The molecule has 2 aliphatic rings. The van der Waals surface area contributed by atoms with Crippen LogP contribution in [0.15, 0.2) is 16.3 Å². The maximum Gasteiger partial charge on any atom is 0.242 e. The summed E-state index contributed by atoms with van der Waals surface area (Å²) in [5.74, 6) is 0. The largest absolute Gasteiger partial charge is 0.373 e. The quantitative estimate of drug-likeness (QED) is 0.749. The minimum Gasteiger partial charge on any atom is -0.373 e. The number of rotatable bonds is 7. The van der Waals surface area contributed by atoms with Crippen LogP contribution in [0, 0.1) is 0 Å². The summed E-state index contributed by atoms with van der Waals surface area (Å²) in [5, 5.41) is 5.11. The first-order valence-corrected chi connectivity index (χ1v) is 9.91. The fourth-order valence-electron chi connectivity index (χ4n) is 3.10. The van der Waals surface area contributed by atoms with Gasteiger partial charge in [-0.3, -0.25) is 0 Å². The fourth-order valence-corrected chi connectivity index (χ4v) is 5.79. The number of ether oxygens (including phenoxy) is 1. The van der Waals surface area contributed by atoms with Crippen LogP contribution in [0.2, 0.25) is 0 Å². The number of hydrogen-bond acceptors (Lipinski definition) is 5. The average Bonchev–Trinajstić information content (AvgIpc) is 3.13. The molecule has 2 bridgehead atoms. The molecule has 2 aliphatic heterocycles. The van der Waals surface area contributed by atoms with Crippen LogP contribution in [0.5, 0.6) is 0 Å². The number of fused-ring (bicyclic) bond motifs is 2. The van der Waals surface area contributed by atoms with Crippen molar-refractivity contribution in [1.29, 1.82) is 0 Å². The van der Waals surface area contributed by atoms with Gasteiger partial charge in [-0.2, -0.15) is 0 Å². The van der Waals surface area contributed by atoms with Crippen LogP contribution < -0.4 is 10.0 Å². The van der Waals surface area contributed by atoms with Crippen molar-refractivity contribution in [1.82, 2.24) is 10.0 Å². The van der Waals surface area contributed by atoms with Crippen LogP contribution >= 0.6 is 11.3 Å². The molecule has 0 aliphatic carbocycles. The van der Waals surface area contributed by atoms with Gasteiger partial charge in [0, 0.05) is 11.4 Å². The standard InChI is InChI=1S/C14H22N2O3S2/c1-2-6-15-9-13-14(5-7-20-13)21(17,18)16-11-8-10-3-4-12(11)19-10/h5,7,10-12,15-16H,2-4,6,8-9H2,1H3. The third-order valence-corrected chi connectivity index (χ3v) is 6.74. The third-order valence-electron chi connectivity index (χ3n) is 4.12. The van der Waals surface area contributed by atoms with Crippen LogP contribution in [-0.4, -0.2) is 33.2 Å². The predicted molar refractivity (Wildman–Crippen MR) is 82.9 cm³/mol. The molecule has 0 radical (unpaired) electrons. The first-order valence-electron chi connectivity index (χ1n) is 7.55. The van der Waals surface area contributed by atoms with Crippen molar-refractivity contribution < 1.29 is 13.2 Å². The first-order chi connectivity index (χ1) is 10.1. The number of thiophene rings is 1. The zero-order chi connectivity index (χ0) is 14.9. The van der Waals surface area contributed by atoms with Crippen molar-refractivity contribution in [3.8, 4) is 0 Å². The molecule has 21 heavy (non-hydrogen) atoms. The highest BCUT2D eigenvalue weighted by atomic mass is 32.2. The predicted octanol–water partition coefficient (Wildman–Crippen LogP) is 1.85. The molecular weight excluding hydrogens is 308 g/mol. The Morgan fingerprint density at radius 3 is 2.95 bits per heavy atom. The van der Waals surface area contributed by atoms with E-state index >= 15 is 0 Å². The highest BCUT2D eigenvalue weighted by Crippen LogP contribution is 2.35. The average molecular weight is 330 g/mol. The van der Waals surface area contributed by atoms with Crippen molar-refractivity contribution in [2.75, 3.05) is 6.54 Å². The third kappa shape index (κ3) is 3.32. The molecule has 5 nitrogen and oxygen atoms in total. The number of sulfonamides is 1. The molecule has 2 fully saturated rings.